The largest absolute Gasteiger partial charge is 0.507 e. The Labute approximate surface area is 166 Å². The Balaban J connectivity index is 1.64. The van der Waals surface area contributed by atoms with Gasteiger partial charge in [0.2, 0.25) is 0 Å². The van der Waals surface area contributed by atoms with E-state index in [0.29, 0.717) is 10.8 Å². The zero-order chi connectivity index (χ0) is 20.9. The fourth-order valence-electron chi connectivity index (χ4n) is 3.92. The maximum absolute atomic E-state index is 10.9. The van der Waals surface area contributed by atoms with Crippen molar-refractivity contribution in [3.05, 3.63) is 108 Å². The van der Waals surface area contributed by atoms with Gasteiger partial charge in [-0.3, -0.25) is 4.90 Å². The smallest absolute Gasteiger partial charge is 0.128 e. The molecule has 1 aliphatic heterocycles. The summed E-state index contributed by atoms with van der Waals surface area (Å²) in [5.74, 6) is -0.185. The average molecular weight is 369 g/mol. The monoisotopic (exact) mass is 369 g/mol. The quantitative estimate of drug-likeness (QED) is 0.366. The Kier molecular flexibility index (Phi) is 3.52. The first-order chi connectivity index (χ1) is 14.5. The van der Waals surface area contributed by atoms with Crippen LogP contribution in [-0.2, 0) is 6.50 Å². The number of phenolic OH excluding ortho intramolecular Hbond substituents is 2. The van der Waals surface area contributed by atoms with Crippen LogP contribution in [0.4, 0.5) is 0 Å². The molecule has 3 nitrogen and oxygen atoms in total. The lowest BCUT2D eigenvalue weighted by atomic mass is 10.0. The Morgan fingerprint density at radius 3 is 1.79 bits per heavy atom. The summed E-state index contributed by atoms with van der Waals surface area (Å²) in [6.45, 7) is -1.99. The molecule has 0 bridgehead atoms. The molecule has 0 aromatic heterocycles. The van der Waals surface area contributed by atoms with Gasteiger partial charge in [0.25, 0.3) is 0 Å². The van der Waals surface area contributed by atoms with Gasteiger partial charge in [-0.15, -0.1) is 0 Å². The molecule has 28 heavy (non-hydrogen) atoms. The number of nitrogens with zero attached hydrogens (tertiary/aromatic N) is 1. The number of phenols is 2. The van der Waals surface area contributed by atoms with Gasteiger partial charge in [0.05, 0.1) is 12.1 Å². The third-order valence-electron chi connectivity index (χ3n) is 5.33. The summed E-state index contributed by atoms with van der Waals surface area (Å²) >= 11 is 0. The Hall–Kier alpha value is -3.30. The van der Waals surface area contributed by atoms with E-state index in [2.05, 4.69) is 0 Å². The maximum Gasteiger partial charge on any atom is 0.128 e. The third-order valence-corrected chi connectivity index (χ3v) is 5.33. The highest BCUT2D eigenvalue weighted by molar-refractivity contribution is 5.94. The van der Waals surface area contributed by atoms with Crippen LogP contribution in [0.3, 0.4) is 0 Å². The van der Waals surface area contributed by atoms with Crippen LogP contribution in [-0.4, -0.2) is 15.1 Å². The van der Waals surface area contributed by atoms with Crippen molar-refractivity contribution in [1.29, 1.82) is 0 Å². The summed E-state index contributed by atoms with van der Waals surface area (Å²) in [6.07, 6.45) is 0. The normalized spacial score (nSPS) is 22.5. The molecule has 0 spiro atoms. The van der Waals surface area contributed by atoms with Crippen LogP contribution in [0.1, 0.15) is 31.5 Å². The lowest BCUT2D eigenvalue weighted by Crippen LogP contribution is -2.01. The Morgan fingerprint density at radius 1 is 0.714 bits per heavy atom. The molecule has 4 aromatic rings. The van der Waals surface area contributed by atoms with Gasteiger partial charge in [0.15, 0.2) is 0 Å². The number of hydrogen-bond donors (Lipinski definition) is 2. The summed E-state index contributed by atoms with van der Waals surface area (Å²) in [7, 11) is 0. The molecule has 138 valence electrons. The minimum Gasteiger partial charge on any atom is -0.507 e. The van der Waals surface area contributed by atoms with E-state index < -0.39 is 6.50 Å². The van der Waals surface area contributed by atoms with Gasteiger partial charge in [0.1, 0.15) is 11.5 Å². The Bertz CT molecular complexity index is 1170. The number of hydrogen-bond acceptors (Lipinski definition) is 3. The van der Waals surface area contributed by atoms with Crippen LogP contribution < -0.4 is 0 Å². The second-order valence-electron chi connectivity index (χ2n) is 7.07. The van der Waals surface area contributed by atoms with Crippen LogP contribution in [0.25, 0.3) is 10.8 Å². The first-order valence-corrected chi connectivity index (χ1v) is 9.32. The lowest BCUT2D eigenvalue weighted by molar-refractivity contribution is 0.432. The van der Waals surface area contributed by atoms with Crippen molar-refractivity contribution in [2.75, 3.05) is 0 Å². The second kappa shape index (κ2) is 6.70. The summed E-state index contributed by atoms with van der Waals surface area (Å²) in [4.78, 5) is 1.75. The maximum atomic E-state index is 10.9. The van der Waals surface area contributed by atoms with Crippen LogP contribution in [0.5, 0.6) is 11.5 Å². The molecule has 1 fully saturated rings. The van der Waals surface area contributed by atoms with E-state index in [1.165, 1.54) is 6.07 Å². The topological polar surface area (TPSA) is 43.5 Å². The molecule has 0 aliphatic carbocycles. The molecule has 2 N–H and O–H groups in total. The van der Waals surface area contributed by atoms with Gasteiger partial charge >= 0.3 is 0 Å². The molecule has 0 amide bonds. The molecule has 3 heteroatoms. The van der Waals surface area contributed by atoms with Crippen molar-refractivity contribution in [2.45, 2.75) is 18.6 Å². The van der Waals surface area contributed by atoms with E-state index in [1.54, 1.807) is 29.2 Å². The zero-order valence-electron chi connectivity index (χ0n) is 17.2. The van der Waals surface area contributed by atoms with Gasteiger partial charge < -0.3 is 10.2 Å². The molecular weight excluding hydrogens is 346 g/mol. The van der Waals surface area contributed by atoms with Crippen molar-refractivity contribution >= 4 is 10.8 Å². The minimum atomic E-state index is -1.99. The first-order valence-electron chi connectivity index (χ1n) is 10.3. The highest BCUT2D eigenvalue weighted by Crippen LogP contribution is 2.56. The van der Waals surface area contributed by atoms with Crippen molar-refractivity contribution in [2.24, 2.45) is 0 Å². The standard InChI is InChI=1S/C25H21NO2/c27-22-15-19(25(28)21-14-8-7-13-20(21)22)16-26-23(17-9-3-1-4-10-17)24(26)18-11-5-2-6-12-18/h1-15,23-24,27-28H,16H2/t23-,24-/m0/s1/i16D2. The number of fused-ring (bicyclic) bond motifs is 1. The van der Waals surface area contributed by atoms with E-state index in [1.807, 2.05) is 60.7 Å². The van der Waals surface area contributed by atoms with Crippen molar-refractivity contribution < 1.29 is 13.0 Å². The molecule has 1 heterocycles. The molecular formula is C25H21NO2. The molecule has 0 saturated carbocycles. The lowest BCUT2D eigenvalue weighted by Gasteiger charge is -2.11. The molecule has 2 atom stereocenters. The van der Waals surface area contributed by atoms with Crippen LogP contribution in [0, 0.1) is 0 Å². The number of aromatic hydroxyl groups is 2. The minimum absolute atomic E-state index is 0.0448. The zero-order valence-corrected chi connectivity index (χ0v) is 15.2. The van der Waals surface area contributed by atoms with E-state index in [4.69, 9.17) is 2.74 Å². The van der Waals surface area contributed by atoms with Crippen molar-refractivity contribution in [1.82, 2.24) is 4.90 Å². The molecule has 0 unspecified atom stereocenters. The number of rotatable bonds is 4. The van der Waals surface area contributed by atoms with Crippen LogP contribution in [0.2, 0.25) is 0 Å². The molecule has 5 rings (SSSR count). The molecule has 0 radical (unpaired) electrons. The third kappa shape index (κ3) is 2.81. The van der Waals surface area contributed by atoms with Gasteiger partial charge in [0, 0.05) is 25.6 Å². The van der Waals surface area contributed by atoms with Gasteiger partial charge in [-0.05, 0) is 17.2 Å². The van der Waals surface area contributed by atoms with E-state index in [0.717, 1.165) is 11.1 Å². The first kappa shape index (κ1) is 14.7. The molecule has 1 aliphatic rings. The predicted molar refractivity (Wildman–Crippen MR) is 111 cm³/mol. The number of benzene rings is 4. The highest BCUT2D eigenvalue weighted by Gasteiger charge is 2.49. The fourth-order valence-corrected chi connectivity index (χ4v) is 3.92. The summed E-state index contributed by atoms with van der Waals surface area (Å²) in [6, 6.07) is 27.6. The van der Waals surface area contributed by atoms with Crippen molar-refractivity contribution in [3.8, 4) is 11.5 Å². The predicted octanol–water partition coefficient (Wildman–Crippen LogP) is 5.55. The highest BCUT2D eigenvalue weighted by atomic mass is 16.3. The van der Waals surface area contributed by atoms with E-state index in [-0.39, 0.29) is 29.1 Å². The van der Waals surface area contributed by atoms with Crippen molar-refractivity contribution in [3.63, 3.8) is 0 Å². The van der Waals surface area contributed by atoms with Crippen LogP contribution in [0.15, 0.2) is 91.0 Å². The fraction of sp³-hybridized carbons (Fsp3) is 0.120. The SMILES string of the molecule is [2H]C([2H])(c1cc(O)c2ccccc2c1O)N1[C@@H](c2ccccc2)[C@@H]1c1ccccc1. The second-order valence-corrected chi connectivity index (χ2v) is 7.07. The average Bonchev–Trinajstić information content (AvgIpc) is 3.54. The van der Waals surface area contributed by atoms with Crippen LogP contribution >= 0.6 is 0 Å². The van der Waals surface area contributed by atoms with E-state index in [9.17, 15) is 10.2 Å². The summed E-state index contributed by atoms with van der Waals surface area (Å²) in [5, 5.41) is 22.4. The van der Waals surface area contributed by atoms with E-state index >= 15 is 0 Å². The molecule has 1 saturated heterocycles. The Morgan fingerprint density at radius 2 is 1.21 bits per heavy atom. The van der Waals surface area contributed by atoms with Gasteiger partial charge in [-0.25, -0.2) is 0 Å². The molecule has 4 aromatic carbocycles. The van der Waals surface area contributed by atoms with Gasteiger partial charge in [-0.1, -0.05) is 84.9 Å². The summed E-state index contributed by atoms with van der Waals surface area (Å²) < 4.78 is 18.0. The summed E-state index contributed by atoms with van der Waals surface area (Å²) in [5.41, 5.74) is 2.09. The van der Waals surface area contributed by atoms with Gasteiger partial charge in [-0.2, -0.15) is 0 Å².